The molecule has 0 bridgehead atoms. The molecule has 2 amide bonds. The fraction of sp³-hybridized carbons (Fsp3) is 0.231. The number of imide groups is 1. The monoisotopic (exact) mass is 703 g/mol. The molecular formula is C39H30BrNO5S. The first-order valence-corrected chi connectivity index (χ1v) is 17.4. The van der Waals surface area contributed by atoms with E-state index in [2.05, 4.69) is 15.9 Å². The largest absolute Gasteiger partial charge is 0.508 e. The number of rotatable bonds is 5. The number of likely N-dealkylation sites (tertiary alicyclic amines) is 1. The van der Waals surface area contributed by atoms with E-state index in [9.17, 15) is 19.5 Å². The van der Waals surface area contributed by atoms with Crippen molar-refractivity contribution in [3.8, 4) is 5.75 Å². The molecule has 4 aliphatic rings. The Bertz CT molecular complexity index is 2000. The van der Waals surface area contributed by atoms with Gasteiger partial charge in [-0.25, -0.2) is 0 Å². The van der Waals surface area contributed by atoms with E-state index in [1.165, 1.54) is 22.3 Å². The molecule has 8 heteroatoms. The number of phenols is 1. The number of carbonyl (C=O) groups excluding carboxylic acids is 4. The van der Waals surface area contributed by atoms with Gasteiger partial charge in [0.25, 0.3) is 0 Å². The number of benzene rings is 3. The number of nitrogens with zero attached hydrogens (tertiary/aromatic N) is 1. The summed E-state index contributed by atoms with van der Waals surface area (Å²) in [6, 6.07) is 27.6. The van der Waals surface area contributed by atoms with E-state index in [4.69, 9.17) is 0 Å². The second kappa shape index (κ2) is 11.4. The Kier molecular flexibility index (Phi) is 7.26. The molecule has 1 aromatic heterocycles. The molecule has 6 nitrogen and oxygen atoms in total. The van der Waals surface area contributed by atoms with Gasteiger partial charge in [-0.3, -0.25) is 24.1 Å². The third-order valence-corrected chi connectivity index (χ3v) is 12.0. The smallest absolute Gasteiger partial charge is 0.234 e. The van der Waals surface area contributed by atoms with Crippen molar-refractivity contribution in [2.24, 2.45) is 23.7 Å². The highest BCUT2D eigenvalue weighted by molar-refractivity contribution is 9.10. The number of amides is 2. The van der Waals surface area contributed by atoms with Crippen LogP contribution in [0.3, 0.4) is 0 Å². The van der Waals surface area contributed by atoms with Crippen LogP contribution in [0.15, 0.2) is 119 Å². The molecule has 1 N–H and O–H groups in total. The maximum Gasteiger partial charge on any atom is 0.234 e. The lowest BCUT2D eigenvalue weighted by Crippen LogP contribution is -2.58. The number of thiophene rings is 1. The molecule has 3 aliphatic carbocycles. The third kappa shape index (κ3) is 4.49. The van der Waals surface area contributed by atoms with E-state index in [1.807, 2.05) is 90.3 Å². The number of hydrogen-bond acceptors (Lipinski definition) is 6. The molecule has 47 heavy (non-hydrogen) atoms. The van der Waals surface area contributed by atoms with Crippen molar-refractivity contribution in [1.82, 2.24) is 4.90 Å². The SMILES string of the molecule is O=C1C(c2ccccc2)=CC(=O)[C@@]2(c3ccccc3)[C@@H](c3cc(Br)ccc3O)C3=CC[C@@H]4C(=O)N(Cc5cccs5)C(=O)[C@@H]4[C@@H]3C[C@@H]12. The molecule has 1 saturated heterocycles. The summed E-state index contributed by atoms with van der Waals surface area (Å²) in [5.41, 5.74) is 1.64. The zero-order chi connectivity index (χ0) is 32.4. The van der Waals surface area contributed by atoms with Crippen molar-refractivity contribution in [1.29, 1.82) is 0 Å². The van der Waals surface area contributed by atoms with E-state index in [0.29, 0.717) is 33.2 Å². The molecule has 6 atom stereocenters. The summed E-state index contributed by atoms with van der Waals surface area (Å²) in [6.45, 7) is 0.218. The number of hydrogen-bond donors (Lipinski definition) is 1. The maximum atomic E-state index is 15.0. The van der Waals surface area contributed by atoms with Gasteiger partial charge in [0.1, 0.15) is 5.75 Å². The Morgan fingerprint density at radius 2 is 1.62 bits per heavy atom. The number of Topliss-reactive ketones (excluding diaryl/α,β-unsaturated/α-hetero) is 1. The van der Waals surface area contributed by atoms with E-state index < -0.39 is 35.0 Å². The van der Waals surface area contributed by atoms with Crippen molar-refractivity contribution >= 4 is 56.2 Å². The highest BCUT2D eigenvalue weighted by Gasteiger charge is 2.66. The van der Waals surface area contributed by atoms with Gasteiger partial charge in [-0.1, -0.05) is 94.3 Å². The van der Waals surface area contributed by atoms with Crippen LogP contribution in [0.4, 0.5) is 0 Å². The van der Waals surface area contributed by atoms with Crippen molar-refractivity contribution in [2.75, 3.05) is 0 Å². The average molecular weight is 705 g/mol. The quantitative estimate of drug-likeness (QED) is 0.175. The van der Waals surface area contributed by atoms with Gasteiger partial charge in [0.2, 0.25) is 11.8 Å². The molecule has 0 spiro atoms. The lowest BCUT2D eigenvalue weighted by molar-refractivity contribution is -0.141. The van der Waals surface area contributed by atoms with Gasteiger partial charge >= 0.3 is 0 Å². The molecule has 0 radical (unpaired) electrons. The predicted octanol–water partition coefficient (Wildman–Crippen LogP) is 7.24. The maximum absolute atomic E-state index is 15.0. The molecule has 1 saturated carbocycles. The van der Waals surface area contributed by atoms with E-state index >= 15 is 4.79 Å². The predicted molar refractivity (Wildman–Crippen MR) is 182 cm³/mol. The number of phenolic OH excluding ortho intramolecular Hbond substituents is 1. The van der Waals surface area contributed by atoms with Crippen LogP contribution >= 0.6 is 27.3 Å². The Hall–Kier alpha value is -4.40. The summed E-state index contributed by atoms with van der Waals surface area (Å²) in [7, 11) is 0. The Labute approximate surface area is 284 Å². The minimum absolute atomic E-state index is 0.00200. The van der Waals surface area contributed by atoms with Crippen LogP contribution in [-0.4, -0.2) is 33.4 Å². The molecule has 3 aromatic carbocycles. The van der Waals surface area contributed by atoms with Crippen LogP contribution in [0.1, 0.15) is 40.3 Å². The minimum atomic E-state index is -1.38. The van der Waals surface area contributed by atoms with Crippen molar-refractivity contribution in [3.05, 3.63) is 140 Å². The van der Waals surface area contributed by atoms with Crippen LogP contribution in [0, 0.1) is 23.7 Å². The number of carbonyl (C=O) groups is 4. The average Bonchev–Trinajstić information content (AvgIpc) is 3.70. The summed E-state index contributed by atoms with van der Waals surface area (Å²) >= 11 is 5.08. The van der Waals surface area contributed by atoms with Crippen LogP contribution < -0.4 is 0 Å². The lowest BCUT2D eigenvalue weighted by atomic mass is 9.44. The minimum Gasteiger partial charge on any atom is -0.508 e. The third-order valence-electron chi connectivity index (χ3n) is 10.7. The number of fused-ring (bicyclic) bond motifs is 4. The Morgan fingerprint density at radius 3 is 2.34 bits per heavy atom. The summed E-state index contributed by atoms with van der Waals surface area (Å²) in [5.74, 6) is -4.11. The molecule has 8 rings (SSSR count). The van der Waals surface area contributed by atoms with Crippen molar-refractivity contribution in [3.63, 3.8) is 0 Å². The number of aromatic hydroxyl groups is 1. The second-order valence-corrected chi connectivity index (χ2v) is 14.8. The highest BCUT2D eigenvalue weighted by Crippen LogP contribution is 2.64. The summed E-state index contributed by atoms with van der Waals surface area (Å²) < 4.78 is 0.714. The van der Waals surface area contributed by atoms with Gasteiger partial charge in [0.05, 0.1) is 23.8 Å². The standard InChI is InChI=1S/C39H30BrNO5S/c40-24-13-16-32(42)30(18-24)35-26-14-15-27-34(38(46)41(37(27)45)21-25-12-7-17-47-25)29(26)19-31-36(44)28(22-8-3-1-4-9-22)20-33(43)39(31,35)23-10-5-2-6-11-23/h1-14,16-18,20,27,29,31,34-35,42H,15,19,21H2/t27-,29+,31-,34-,35+,39-/m0/s1. The molecule has 0 unspecified atom stereocenters. The van der Waals surface area contributed by atoms with E-state index in [1.54, 1.807) is 12.1 Å². The van der Waals surface area contributed by atoms with Crippen molar-refractivity contribution in [2.45, 2.75) is 30.7 Å². The normalized spacial score (nSPS) is 28.4. The molecule has 2 heterocycles. The van der Waals surface area contributed by atoms with Gasteiger partial charge in [-0.15, -0.1) is 11.3 Å². The zero-order valence-corrected chi connectivity index (χ0v) is 27.6. The molecule has 234 valence electrons. The van der Waals surface area contributed by atoms with Crippen LogP contribution in [0.25, 0.3) is 5.57 Å². The lowest BCUT2D eigenvalue weighted by Gasteiger charge is -2.55. The summed E-state index contributed by atoms with van der Waals surface area (Å²) in [4.78, 5) is 60.4. The first-order valence-electron chi connectivity index (χ1n) is 15.8. The Morgan fingerprint density at radius 1 is 0.872 bits per heavy atom. The zero-order valence-electron chi connectivity index (χ0n) is 25.2. The first kappa shape index (κ1) is 30.0. The topological polar surface area (TPSA) is 91.8 Å². The molecule has 4 aromatic rings. The number of allylic oxidation sites excluding steroid dienone is 4. The fourth-order valence-corrected chi connectivity index (χ4v) is 9.83. The van der Waals surface area contributed by atoms with Crippen LogP contribution in [0.2, 0.25) is 0 Å². The summed E-state index contributed by atoms with van der Waals surface area (Å²) in [5, 5.41) is 13.4. The summed E-state index contributed by atoms with van der Waals surface area (Å²) in [6.07, 6.45) is 4.08. The van der Waals surface area contributed by atoms with Gasteiger partial charge in [-0.2, -0.15) is 0 Å². The molecule has 2 fully saturated rings. The fourth-order valence-electron chi connectivity index (χ4n) is 8.75. The molecular weight excluding hydrogens is 674 g/mol. The molecule has 1 aliphatic heterocycles. The van der Waals surface area contributed by atoms with Crippen LogP contribution in [0.5, 0.6) is 5.75 Å². The van der Waals surface area contributed by atoms with E-state index in [0.717, 1.165) is 10.5 Å². The number of halogens is 1. The second-order valence-electron chi connectivity index (χ2n) is 12.8. The Balaban J connectivity index is 1.36. The van der Waals surface area contributed by atoms with Gasteiger partial charge < -0.3 is 5.11 Å². The van der Waals surface area contributed by atoms with Gasteiger partial charge in [-0.05, 0) is 65.6 Å². The first-order chi connectivity index (χ1) is 22.8. The highest BCUT2D eigenvalue weighted by atomic mass is 79.9. The van der Waals surface area contributed by atoms with Gasteiger partial charge in [0.15, 0.2) is 11.6 Å². The van der Waals surface area contributed by atoms with Crippen LogP contribution in [-0.2, 0) is 31.1 Å². The van der Waals surface area contributed by atoms with Gasteiger partial charge in [0, 0.05) is 32.3 Å². The number of ketones is 2. The van der Waals surface area contributed by atoms with Crippen molar-refractivity contribution < 1.29 is 24.3 Å². The van der Waals surface area contributed by atoms with E-state index in [-0.39, 0.29) is 42.1 Å².